The molecule has 0 spiro atoms. The number of likely N-dealkylation sites (tertiary alicyclic amines) is 1. The van der Waals surface area contributed by atoms with Crippen molar-refractivity contribution < 1.29 is 19.1 Å². The summed E-state index contributed by atoms with van der Waals surface area (Å²) >= 11 is 0. The Labute approximate surface area is 217 Å². The van der Waals surface area contributed by atoms with E-state index in [1.54, 1.807) is 0 Å². The van der Waals surface area contributed by atoms with Gasteiger partial charge in [0.25, 0.3) is 0 Å². The van der Waals surface area contributed by atoms with Crippen LogP contribution in [0.5, 0.6) is 11.5 Å². The average Bonchev–Trinajstić information content (AvgIpc) is 3.52. The van der Waals surface area contributed by atoms with Crippen LogP contribution in [0.1, 0.15) is 29.0 Å². The molecule has 2 fully saturated rings. The highest BCUT2D eigenvalue weighted by molar-refractivity contribution is 6.05. The molecule has 0 N–H and O–H groups in total. The van der Waals surface area contributed by atoms with Gasteiger partial charge in [0.05, 0.1) is 12.5 Å². The number of nitrogens with zero attached hydrogens (tertiary/aromatic N) is 3. The van der Waals surface area contributed by atoms with Gasteiger partial charge in [-0.15, -0.1) is 0 Å². The van der Waals surface area contributed by atoms with Crippen LogP contribution in [0.4, 0.5) is 0 Å². The third kappa shape index (κ3) is 4.97. The van der Waals surface area contributed by atoms with E-state index in [1.807, 2.05) is 48.5 Å². The third-order valence-electron chi connectivity index (χ3n) is 7.68. The molecule has 7 nitrogen and oxygen atoms in total. The summed E-state index contributed by atoms with van der Waals surface area (Å²) in [7, 11) is 0. The van der Waals surface area contributed by atoms with Crippen LogP contribution in [0.3, 0.4) is 0 Å². The molecule has 0 aliphatic carbocycles. The first-order valence-corrected chi connectivity index (χ1v) is 12.9. The van der Waals surface area contributed by atoms with Crippen molar-refractivity contribution >= 4 is 11.8 Å². The summed E-state index contributed by atoms with van der Waals surface area (Å²) in [6.07, 6.45) is 0.261. The molecule has 3 aromatic carbocycles. The topological polar surface area (TPSA) is 62.3 Å². The van der Waals surface area contributed by atoms with E-state index < -0.39 is 0 Å². The zero-order chi connectivity index (χ0) is 25.2. The van der Waals surface area contributed by atoms with Gasteiger partial charge in [-0.2, -0.15) is 0 Å². The van der Waals surface area contributed by atoms with Gasteiger partial charge in [-0.25, -0.2) is 0 Å². The fourth-order valence-electron chi connectivity index (χ4n) is 5.63. The summed E-state index contributed by atoms with van der Waals surface area (Å²) in [5.74, 6) is 1.41. The predicted octanol–water partition coefficient (Wildman–Crippen LogP) is 3.49. The molecular weight excluding hydrogens is 466 g/mol. The minimum atomic E-state index is -0.368. The minimum Gasteiger partial charge on any atom is -0.454 e. The van der Waals surface area contributed by atoms with Gasteiger partial charge in [-0.3, -0.25) is 24.3 Å². The molecule has 0 bridgehead atoms. The number of fused-ring (bicyclic) bond motifs is 1. The molecule has 0 radical (unpaired) electrons. The van der Waals surface area contributed by atoms with Gasteiger partial charge >= 0.3 is 0 Å². The van der Waals surface area contributed by atoms with Gasteiger partial charge in [0.1, 0.15) is 0 Å². The molecule has 0 aromatic heterocycles. The highest BCUT2D eigenvalue weighted by Crippen LogP contribution is 2.33. The number of imide groups is 1. The fourth-order valence-corrected chi connectivity index (χ4v) is 5.63. The van der Waals surface area contributed by atoms with E-state index in [2.05, 4.69) is 40.1 Å². The second-order valence-electron chi connectivity index (χ2n) is 9.94. The van der Waals surface area contributed by atoms with Crippen molar-refractivity contribution in [2.75, 3.05) is 39.5 Å². The van der Waals surface area contributed by atoms with Crippen molar-refractivity contribution in [3.05, 3.63) is 95.6 Å². The molecule has 3 heterocycles. The van der Waals surface area contributed by atoms with Crippen molar-refractivity contribution in [2.45, 2.75) is 24.9 Å². The Morgan fingerprint density at radius 2 is 1.43 bits per heavy atom. The number of rotatable bonds is 7. The van der Waals surface area contributed by atoms with E-state index in [4.69, 9.17) is 9.47 Å². The summed E-state index contributed by atoms with van der Waals surface area (Å²) < 4.78 is 10.9. The van der Waals surface area contributed by atoms with E-state index >= 15 is 0 Å². The largest absolute Gasteiger partial charge is 0.454 e. The number of hydrogen-bond donors (Lipinski definition) is 0. The van der Waals surface area contributed by atoms with Gasteiger partial charge in [0.2, 0.25) is 18.6 Å². The Bertz CT molecular complexity index is 1220. The molecule has 37 heavy (non-hydrogen) atoms. The Kier molecular flexibility index (Phi) is 6.64. The first kappa shape index (κ1) is 23.7. The lowest BCUT2D eigenvalue weighted by molar-refractivity contribution is -0.140. The zero-order valence-electron chi connectivity index (χ0n) is 20.8. The first-order chi connectivity index (χ1) is 18.2. The van der Waals surface area contributed by atoms with E-state index in [0.29, 0.717) is 6.54 Å². The van der Waals surface area contributed by atoms with Crippen molar-refractivity contribution in [1.29, 1.82) is 0 Å². The molecule has 1 atom stereocenters. The van der Waals surface area contributed by atoms with Crippen molar-refractivity contribution in [1.82, 2.24) is 14.7 Å². The molecular formula is C30H31N3O4. The second-order valence-corrected chi connectivity index (χ2v) is 9.94. The number of piperazine rings is 1. The Hall–Kier alpha value is -3.68. The maximum atomic E-state index is 13.5. The highest BCUT2D eigenvalue weighted by Gasteiger charge is 2.43. The molecule has 7 heteroatoms. The number of carbonyl (C=O) groups excluding carboxylic acids is 2. The highest BCUT2D eigenvalue weighted by atomic mass is 16.7. The number of carbonyl (C=O) groups is 2. The monoisotopic (exact) mass is 497 g/mol. The van der Waals surface area contributed by atoms with E-state index in [9.17, 15) is 9.59 Å². The molecule has 2 saturated heterocycles. The van der Waals surface area contributed by atoms with Gasteiger partial charge < -0.3 is 9.47 Å². The summed E-state index contributed by atoms with van der Waals surface area (Å²) in [6, 6.07) is 26.0. The molecule has 2 amide bonds. The molecule has 0 unspecified atom stereocenters. The summed E-state index contributed by atoms with van der Waals surface area (Å²) in [5, 5.41) is 0. The fraction of sp³-hybridized carbons (Fsp3) is 0.333. The Balaban J connectivity index is 1.10. The first-order valence-electron chi connectivity index (χ1n) is 12.9. The normalized spacial score (nSPS) is 20.2. The second kappa shape index (κ2) is 10.4. The Morgan fingerprint density at radius 3 is 2.11 bits per heavy atom. The molecule has 3 aliphatic rings. The lowest BCUT2D eigenvalue weighted by Crippen LogP contribution is -2.52. The quantitative estimate of drug-likeness (QED) is 0.466. The maximum Gasteiger partial charge on any atom is 0.247 e. The van der Waals surface area contributed by atoms with Crippen LogP contribution in [0.25, 0.3) is 0 Å². The SMILES string of the molecule is O=C1C[C@H](N2CCN(Cc3ccc4c(c3)OCO4)CC2)C(=O)N1CC(c1ccccc1)c1ccccc1. The van der Waals surface area contributed by atoms with Crippen LogP contribution in [0.15, 0.2) is 78.9 Å². The Morgan fingerprint density at radius 1 is 0.784 bits per heavy atom. The molecule has 3 aromatic rings. The summed E-state index contributed by atoms with van der Waals surface area (Å²) in [4.78, 5) is 32.7. The molecule has 6 rings (SSSR count). The van der Waals surface area contributed by atoms with Crippen LogP contribution in [0, 0.1) is 0 Å². The number of hydrogen-bond acceptors (Lipinski definition) is 6. The van der Waals surface area contributed by atoms with Gasteiger partial charge in [0, 0.05) is 45.2 Å². The van der Waals surface area contributed by atoms with Gasteiger partial charge in [0.15, 0.2) is 11.5 Å². The van der Waals surface area contributed by atoms with Crippen LogP contribution in [-0.2, 0) is 16.1 Å². The average molecular weight is 498 g/mol. The van der Waals surface area contributed by atoms with E-state index in [-0.39, 0.29) is 37.0 Å². The number of ether oxygens (including phenoxy) is 2. The van der Waals surface area contributed by atoms with Crippen molar-refractivity contribution in [2.24, 2.45) is 0 Å². The van der Waals surface area contributed by atoms with Crippen LogP contribution < -0.4 is 9.47 Å². The standard InChI is InChI=1S/C30H31N3O4/c34-29-18-26(32-15-13-31(14-16-32)19-22-11-12-27-28(17-22)37-21-36-27)30(35)33(29)20-25(23-7-3-1-4-8-23)24-9-5-2-6-10-24/h1-12,17,25-26H,13-16,18-21H2/t26-/m0/s1. The van der Waals surface area contributed by atoms with Crippen molar-refractivity contribution in [3.8, 4) is 11.5 Å². The number of amides is 2. The summed E-state index contributed by atoms with van der Waals surface area (Å²) in [5.41, 5.74) is 3.40. The van der Waals surface area contributed by atoms with Crippen LogP contribution >= 0.6 is 0 Å². The lowest BCUT2D eigenvalue weighted by Gasteiger charge is -2.37. The van der Waals surface area contributed by atoms with Gasteiger partial charge in [-0.1, -0.05) is 66.7 Å². The maximum absolute atomic E-state index is 13.5. The molecule has 190 valence electrons. The van der Waals surface area contributed by atoms with E-state index in [1.165, 1.54) is 10.5 Å². The smallest absolute Gasteiger partial charge is 0.247 e. The predicted molar refractivity (Wildman–Crippen MR) is 139 cm³/mol. The molecule has 3 aliphatic heterocycles. The van der Waals surface area contributed by atoms with Crippen molar-refractivity contribution in [3.63, 3.8) is 0 Å². The van der Waals surface area contributed by atoms with E-state index in [0.717, 1.165) is 55.3 Å². The lowest BCUT2D eigenvalue weighted by atomic mass is 9.91. The zero-order valence-corrected chi connectivity index (χ0v) is 20.8. The molecule has 0 saturated carbocycles. The third-order valence-corrected chi connectivity index (χ3v) is 7.68. The summed E-state index contributed by atoms with van der Waals surface area (Å²) in [6.45, 7) is 4.70. The van der Waals surface area contributed by atoms with Crippen LogP contribution in [-0.4, -0.2) is 72.1 Å². The minimum absolute atomic E-state index is 0.0485. The van der Waals surface area contributed by atoms with Crippen LogP contribution in [0.2, 0.25) is 0 Å². The number of benzene rings is 3. The van der Waals surface area contributed by atoms with Gasteiger partial charge in [-0.05, 0) is 28.8 Å².